The zero-order chi connectivity index (χ0) is 11.3. The van der Waals surface area contributed by atoms with Gasteiger partial charge in [0, 0.05) is 6.16 Å². The quantitative estimate of drug-likeness (QED) is 0.609. The van der Waals surface area contributed by atoms with Gasteiger partial charge in [0.2, 0.25) is 0 Å². The van der Waals surface area contributed by atoms with Gasteiger partial charge in [-0.15, -0.1) is 0 Å². The molecule has 0 amide bonds. The molecule has 0 saturated carbocycles. The van der Waals surface area contributed by atoms with Crippen molar-refractivity contribution in [1.82, 2.24) is 0 Å². The highest BCUT2D eigenvalue weighted by Gasteiger charge is 2.36. The fraction of sp³-hybridized carbons (Fsp3) is 0.429. The molecular formula is C14H17OP. The Labute approximate surface area is 96.9 Å². The van der Waals surface area contributed by atoms with Crippen LogP contribution in [0.5, 0.6) is 0 Å². The van der Waals surface area contributed by atoms with Gasteiger partial charge in [0.05, 0.1) is 0 Å². The summed E-state index contributed by atoms with van der Waals surface area (Å²) in [6.45, 7) is 4.22. The Hall–Kier alpha value is -0.810. The van der Waals surface area contributed by atoms with Gasteiger partial charge in [0.15, 0.2) is 0 Å². The molecule has 0 spiro atoms. The van der Waals surface area contributed by atoms with Crippen LogP contribution in [0.25, 0.3) is 5.57 Å². The molecule has 2 heteroatoms. The van der Waals surface area contributed by atoms with Crippen molar-refractivity contribution in [1.29, 1.82) is 0 Å². The number of benzene rings is 1. The molecule has 1 heterocycles. The van der Waals surface area contributed by atoms with E-state index < -0.39 is 7.14 Å². The third-order valence-electron chi connectivity index (χ3n) is 4.02. The molecule has 84 valence electrons. The highest BCUT2D eigenvalue weighted by Crippen LogP contribution is 2.64. The normalized spacial score (nSPS) is 32.5. The predicted octanol–water partition coefficient (Wildman–Crippen LogP) is 4.30. The van der Waals surface area contributed by atoms with Crippen LogP contribution in [0.4, 0.5) is 0 Å². The van der Waals surface area contributed by atoms with E-state index in [9.17, 15) is 4.57 Å². The SMILES string of the molecule is CC1CC2=C(CCP2(C)=O)c2ccccc21. The van der Waals surface area contributed by atoms with E-state index in [1.165, 1.54) is 22.0 Å². The molecule has 0 aromatic heterocycles. The molecule has 1 aliphatic carbocycles. The van der Waals surface area contributed by atoms with E-state index in [0.717, 1.165) is 19.0 Å². The fourth-order valence-corrected chi connectivity index (χ4v) is 5.48. The minimum atomic E-state index is -1.99. The molecule has 2 atom stereocenters. The van der Waals surface area contributed by atoms with Crippen molar-refractivity contribution >= 4 is 12.7 Å². The highest BCUT2D eigenvalue weighted by atomic mass is 31.2. The molecule has 2 unspecified atom stereocenters. The first-order valence-electron chi connectivity index (χ1n) is 5.98. The average molecular weight is 232 g/mol. The molecule has 1 aromatic carbocycles. The molecule has 0 fully saturated rings. The van der Waals surface area contributed by atoms with Crippen LogP contribution in [0.15, 0.2) is 29.6 Å². The van der Waals surface area contributed by atoms with Gasteiger partial charge in [-0.2, -0.15) is 0 Å². The Bertz CT molecular complexity index is 527. The first-order valence-corrected chi connectivity index (χ1v) is 8.32. The summed E-state index contributed by atoms with van der Waals surface area (Å²) >= 11 is 0. The topological polar surface area (TPSA) is 17.1 Å². The Morgan fingerprint density at radius 2 is 2.06 bits per heavy atom. The fourth-order valence-electron chi connectivity index (χ4n) is 3.10. The molecule has 2 aliphatic rings. The zero-order valence-corrected chi connectivity index (χ0v) is 10.8. The lowest BCUT2D eigenvalue weighted by molar-refractivity contribution is 0.581. The number of fused-ring (bicyclic) bond motifs is 2. The Morgan fingerprint density at radius 1 is 1.31 bits per heavy atom. The van der Waals surface area contributed by atoms with Gasteiger partial charge < -0.3 is 4.57 Å². The van der Waals surface area contributed by atoms with Crippen LogP contribution in [0.1, 0.15) is 36.8 Å². The van der Waals surface area contributed by atoms with E-state index in [4.69, 9.17) is 0 Å². The first-order chi connectivity index (χ1) is 7.59. The van der Waals surface area contributed by atoms with Crippen molar-refractivity contribution in [3.05, 3.63) is 40.7 Å². The third-order valence-corrected chi connectivity index (χ3v) is 6.70. The van der Waals surface area contributed by atoms with Gasteiger partial charge in [-0.3, -0.25) is 0 Å². The van der Waals surface area contributed by atoms with Gasteiger partial charge in [-0.05, 0) is 47.4 Å². The molecule has 1 aromatic rings. The highest BCUT2D eigenvalue weighted by molar-refractivity contribution is 7.68. The van der Waals surface area contributed by atoms with E-state index in [-0.39, 0.29) is 0 Å². The van der Waals surface area contributed by atoms with E-state index >= 15 is 0 Å². The second-order valence-electron chi connectivity index (χ2n) is 5.19. The van der Waals surface area contributed by atoms with E-state index in [1.54, 1.807) is 0 Å². The lowest BCUT2D eigenvalue weighted by Crippen LogP contribution is -2.05. The maximum absolute atomic E-state index is 12.5. The van der Waals surface area contributed by atoms with Gasteiger partial charge in [-0.1, -0.05) is 31.2 Å². The van der Waals surface area contributed by atoms with Gasteiger partial charge in [-0.25, -0.2) is 0 Å². The first kappa shape index (κ1) is 10.4. The molecular weight excluding hydrogens is 215 g/mol. The van der Waals surface area contributed by atoms with Gasteiger partial charge in [0.1, 0.15) is 7.14 Å². The van der Waals surface area contributed by atoms with Crippen LogP contribution in [0.3, 0.4) is 0 Å². The lowest BCUT2D eigenvalue weighted by Gasteiger charge is -2.25. The van der Waals surface area contributed by atoms with Crippen LogP contribution >= 0.6 is 7.14 Å². The van der Waals surface area contributed by atoms with Crippen molar-refractivity contribution in [3.63, 3.8) is 0 Å². The number of hydrogen-bond donors (Lipinski definition) is 0. The van der Waals surface area contributed by atoms with Crippen LogP contribution in [0, 0.1) is 0 Å². The maximum Gasteiger partial charge on any atom is 0.109 e. The zero-order valence-electron chi connectivity index (χ0n) is 9.86. The Balaban J connectivity index is 2.24. The molecule has 0 bridgehead atoms. The van der Waals surface area contributed by atoms with Gasteiger partial charge in [0.25, 0.3) is 0 Å². The molecule has 1 nitrogen and oxygen atoms in total. The summed E-state index contributed by atoms with van der Waals surface area (Å²) in [6, 6.07) is 8.64. The summed E-state index contributed by atoms with van der Waals surface area (Å²) in [7, 11) is -1.99. The van der Waals surface area contributed by atoms with Crippen LogP contribution < -0.4 is 0 Å². The van der Waals surface area contributed by atoms with Crippen LogP contribution in [-0.2, 0) is 4.57 Å². The molecule has 0 saturated heterocycles. The van der Waals surface area contributed by atoms with E-state index in [0.29, 0.717) is 5.92 Å². The number of rotatable bonds is 0. The average Bonchev–Trinajstić information content (AvgIpc) is 2.56. The van der Waals surface area contributed by atoms with E-state index in [2.05, 4.69) is 31.2 Å². The summed E-state index contributed by atoms with van der Waals surface area (Å²) in [4.78, 5) is 0. The molecule has 3 rings (SSSR count). The Morgan fingerprint density at radius 3 is 2.88 bits per heavy atom. The smallest absolute Gasteiger partial charge is 0.109 e. The molecule has 1 aliphatic heterocycles. The maximum atomic E-state index is 12.5. The number of hydrogen-bond acceptors (Lipinski definition) is 1. The standard InChI is InChI=1S/C14H17OP/c1-10-9-14-13(7-8-16(14,2)15)12-6-4-3-5-11(10)12/h3-6,10H,7-9H2,1-2H3. The predicted molar refractivity (Wildman–Crippen MR) is 69.4 cm³/mol. The second kappa shape index (κ2) is 3.34. The summed E-state index contributed by atoms with van der Waals surface area (Å²) < 4.78 is 12.5. The third kappa shape index (κ3) is 1.34. The minimum absolute atomic E-state index is 0.529. The Kier molecular flexibility index (Phi) is 2.16. The van der Waals surface area contributed by atoms with Crippen molar-refractivity contribution in [2.24, 2.45) is 0 Å². The monoisotopic (exact) mass is 232 g/mol. The van der Waals surface area contributed by atoms with E-state index in [1.807, 2.05) is 6.66 Å². The molecule has 0 radical (unpaired) electrons. The summed E-state index contributed by atoms with van der Waals surface area (Å²) in [5.74, 6) is 0.529. The van der Waals surface area contributed by atoms with Crippen molar-refractivity contribution in [2.45, 2.75) is 25.7 Å². The summed E-state index contributed by atoms with van der Waals surface area (Å²) in [5.41, 5.74) is 4.22. The number of allylic oxidation sites excluding steroid dienone is 2. The molecule has 0 N–H and O–H groups in total. The van der Waals surface area contributed by atoms with Crippen LogP contribution in [-0.4, -0.2) is 12.8 Å². The second-order valence-corrected chi connectivity index (χ2v) is 8.38. The van der Waals surface area contributed by atoms with Gasteiger partial charge >= 0.3 is 0 Å². The van der Waals surface area contributed by atoms with Crippen molar-refractivity contribution < 1.29 is 4.57 Å². The summed E-state index contributed by atoms with van der Waals surface area (Å²) in [5, 5.41) is 1.29. The minimum Gasteiger partial charge on any atom is -0.319 e. The van der Waals surface area contributed by atoms with Crippen molar-refractivity contribution in [3.8, 4) is 0 Å². The van der Waals surface area contributed by atoms with Crippen LogP contribution in [0.2, 0.25) is 0 Å². The largest absolute Gasteiger partial charge is 0.319 e. The van der Waals surface area contributed by atoms with Crippen molar-refractivity contribution in [2.75, 3.05) is 12.8 Å². The molecule has 16 heavy (non-hydrogen) atoms. The summed E-state index contributed by atoms with van der Waals surface area (Å²) in [6.07, 6.45) is 2.92. The lowest BCUT2D eigenvalue weighted by atomic mass is 9.83.